The molecule has 0 saturated carbocycles. The van der Waals surface area contributed by atoms with Crippen molar-refractivity contribution in [3.8, 4) is 0 Å². The number of nitrogens with one attached hydrogen (secondary N) is 1. The fraction of sp³-hybridized carbons (Fsp3) is 0.714. The Balaban J connectivity index is 2.61. The first-order chi connectivity index (χ1) is 4.20. The minimum absolute atomic E-state index is 0.543. The van der Waals surface area contributed by atoms with Gasteiger partial charge in [0.2, 0.25) is 0 Å². The van der Waals surface area contributed by atoms with E-state index in [1.165, 1.54) is 5.70 Å². The zero-order valence-corrected chi connectivity index (χ0v) is 6.31. The smallest absolute Gasteiger partial charge is 0.0680 e. The molecule has 0 saturated heterocycles. The van der Waals surface area contributed by atoms with Crippen LogP contribution < -0.4 is 5.32 Å². The second kappa shape index (κ2) is 2.40. The third-order valence-corrected chi connectivity index (χ3v) is 1.74. The molecular weight excluding hydrogens is 112 g/mol. The van der Waals surface area contributed by atoms with Crippen molar-refractivity contribution in [2.75, 3.05) is 13.7 Å². The van der Waals surface area contributed by atoms with Gasteiger partial charge in [0.05, 0.1) is 6.67 Å². The highest BCUT2D eigenvalue weighted by atomic mass is 15.2. The molecule has 1 unspecified atom stereocenters. The molecule has 0 spiro atoms. The van der Waals surface area contributed by atoms with Crippen LogP contribution in [0.5, 0.6) is 0 Å². The molecule has 1 heterocycles. The van der Waals surface area contributed by atoms with Crippen molar-refractivity contribution in [3.05, 3.63) is 11.8 Å². The zero-order valence-electron chi connectivity index (χ0n) is 6.31. The largest absolute Gasteiger partial charge is 0.366 e. The molecule has 1 atom stereocenters. The summed E-state index contributed by atoms with van der Waals surface area (Å²) in [6, 6.07) is 0.543. The van der Waals surface area contributed by atoms with Gasteiger partial charge in [0.15, 0.2) is 0 Å². The van der Waals surface area contributed by atoms with Crippen LogP contribution in [-0.4, -0.2) is 24.7 Å². The van der Waals surface area contributed by atoms with E-state index in [1.807, 2.05) is 0 Å². The van der Waals surface area contributed by atoms with E-state index in [0.29, 0.717) is 6.04 Å². The second-order valence-corrected chi connectivity index (χ2v) is 2.66. The van der Waals surface area contributed by atoms with Gasteiger partial charge in [-0.2, -0.15) is 0 Å². The van der Waals surface area contributed by atoms with E-state index in [1.54, 1.807) is 0 Å². The highest BCUT2D eigenvalue weighted by Gasteiger charge is 2.07. The Labute approximate surface area is 56.5 Å². The van der Waals surface area contributed by atoms with Gasteiger partial charge >= 0.3 is 0 Å². The van der Waals surface area contributed by atoms with Crippen LogP contribution in [0.2, 0.25) is 0 Å². The maximum absolute atomic E-state index is 3.31. The van der Waals surface area contributed by atoms with E-state index < -0.39 is 0 Å². The molecule has 1 rings (SSSR count). The molecule has 0 amide bonds. The van der Waals surface area contributed by atoms with Gasteiger partial charge in [-0.15, -0.1) is 0 Å². The summed E-state index contributed by atoms with van der Waals surface area (Å²) in [5.74, 6) is 0. The molecule has 0 aromatic heterocycles. The van der Waals surface area contributed by atoms with Crippen molar-refractivity contribution in [1.82, 2.24) is 10.2 Å². The van der Waals surface area contributed by atoms with Gasteiger partial charge in [0, 0.05) is 18.8 Å². The number of allylic oxidation sites excluding steroid dienone is 1. The van der Waals surface area contributed by atoms with Gasteiger partial charge in [-0.1, -0.05) is 0 Å². The van der Waals surface area contributed by atoms with Crippen LogP contribution in [0.4, 0.5) is 0 Å². The Morgan fingerprint density at radius 3 is 2.89 bits per heavy atom. The SMILES string of the molecule is CC1=CC(C)NCN1C. The summed E-state index contributed by atoms with van der Waals surface area (Å²) in [4.78, 5) is 2.19. The predicted molar refractivity (Wildman–Crippen MR) is 39.0 cm³/mol. The summed E-state index contributed by atoms with van der Waals surface area (Å²) >= 11 is 0. The Hall–Kier alpha value is -0.500. The Bertz CT molecular complexity index is 129. The Kier molecular flexibility index (Phi) is 1.76. The molecule has 1 aliphatic heterocycles. The fourth-order valence-electron chi connectivity index (χ4n) is 0.954. The highest BCUT2D eigenvalue weighted by Crippen LogP contribution is 2.04. The van der Waals surface area contributed by atoms with Crippen molar-refractivity contribution >= 4 is 0 Å². The summed E-state index contributed by atoms with van der Waals surface area (Å²) < 4.78 is 0. The van der Waals surface area contributed by atoms with Crippen LogP contribution in [-0.2, 0) is 0 Å². The molecule has 2 nitrogen and oxygen atoms in total. The Morgan fingerprint density at radius 2 is 2.44 bits per heavy atom. The van der Waals surface area contributed by atoms with Crippen LogP contribution in [0.25, 0.3) is 0 Å². The molecule has 52 valence electrons. The molecule has 0 aromatic carbocycles. The van der Waals surface area contributed by atoms with E-state index in [9.17, 15) is 0 Å². The van der Waals surface area contributed by atoms with Crippen LogP contribution >= 0.6 is 0 Å². The second-order valence-electron chi connectivity index (χ2n) is 2.66. The molecule has 0 fully saturated rings. The average Bonchev–Trinajstić information content (AvgIpc) is 1.80. The quantitative estimate of drug-likeness (QED) is 0.516. The summed E-state index contributed by atoms with van der Waals surface area (Å²) in [6.07, 6.45) is 2.23. The maximum Gasteiger partial charge on any atom is 0.0680 e. The zero-order chi connectivity index (χ0) is 6.85. The summed E-state index contributed by atoms with van der Waals surface area (Å²) in [5, 5.41) is 3.31. The third-order valence-electron chi connectivity index (χ3n) is 1.74. The number of nitrogens with zero attached hydrogens (tertiary/aromatic N) is 1. The highest BCUT2D eigenvalue weighted by molar-refractivity contribution is 5.04. The van der Waals surface area contributed by atoms with Crippen molar-refractivity contribution in [1.29, 1.82) is 0 Å². The van der Waals surface area contributed by atoms with Gasteiger partial charge in [-0.3, -0.25) is 5.32 Å². The molecule has 0 aromatic rings. The van der Waals surface area contributed by atoms with Crippen molar-refractivity contribution < 1.29 is 0 Å². The number of rotatable bonds is 0. The first kappa shape index (κ1) is 6.62. The molecule has 0 bridgehead atoms. The van der Waals surface area contributed by atoms with Crippen molar-refractivity contribution in [2.45, 2.75) is 19.9 Å². The van der Waals surface area contributed by atoms with Crippen molar-refractivity contribution in [2.24, 2.45) is 0 Å². The van der Waals surface area contributed by atoms with Crippen molar-refractivity contribution in [3.63, 3.8) is 0 Å². The standard InChI is InChI=1S/C7H14N2/c1-6-4-7(2)9(3)5-8-6/h4,6,8H,5H2,1-3H3. The molecule has 1 aliphatic rings. The first-order valence-electron chi connectivity index (χ1n) is 3.33. The monoisotopic (exact) mass is 126 g/mol. The molecule has 9 heavy (non-hydrogen) atoms. The summed E-state index contributed by atoms with van der Waals surface area (Å²) in [6.45, 7) is 5.28. The first-order valence-corrected chi connectivity index (χ1v) is 3.33. The predicted octanol–water partition coefficient (Wildman–Crippen LogP) is 0.771. The Morgan fingerprint density at radius 1 is 1.78 bits per heavy atom. The molecule has 1 N–H and O–H groups in total. The van der Waals surface area contributed by atoms with E-state index in [-0.39, 0.29) is 0 Å². The molecule has 0 aliphatic carbocycles. The van der Waals surface area contributed by atoms with E-state index in [4.69, 9.17) is 0 Å². The van der Waals surface area contributed by atoms with Gasteiger partial charge in [-0.25, -0.2) is 0 Å². The van der Waals surface area contributed by atoms with Crippen LogP contribution in [0.1, 0.15) is 13.8 Å². The summed E-state index contributed by atoms with van der Waals surface area (Å²) in [5.41, 5.74) is 1.36. The number of hydrogen-bond donors (Lipinski definition) is 1. The molecular formula is C7H14N2. The lowest BCUT2D eigenvalue weighted by atomic mass is 10.2. The van der Waals surface area contributed by atoms with E-state index >= 15 is 0 Å². The summed E-state index contributed by atoms with van der Waals surface area (Å²) in [7, 11) is 2.09. The molecule has 2 heteroatoms. The topological polar surface area (TPSA) is 15.3 Å². The minimum Gasteiger partial charge on any atom is -0.366 e. The van der Waals surface area contributed by atoms with Crippen LogP contribution in [0.3, 0.4) is 0 Å². The van der Waals surface area contributed by atoms with E-state index in [2.05, 4.69) is 37.2 Å². The van der Waals surface area contributed by atoms with Gasteiger partial charge in [0.1, 0.15) is 0 Å². The lowest BCUT2D eigenvalue weighted by molar-refractivity contribution is 0.339. The maximum atomic E-state index is 3.31. The van der Waals surface area contributed by atoms with Crippen LogP contribution in [0.15, 0.2) is 11.8 Å². The normalized spacial score (nSPS) is 28.1. The lowest BCUT2D eigenvalue weighted by Crippen LogP contribution is -2.39. The molecule has 0 radical (unpaired) electrons. The van der Waals surface area contributed by atoms with Gasteiger partial charge in [-0.05, 0) is 19.9 Å². The van der Waals surface area contributed by atoms with E-state index in [0.717, 1.165) is 6.67 Å². The van der Waals surface area contributed by atoms with Gasteiger partial charge in [0.25, 0.3) is 0 Å². The lowest BCUT2D eigenvalue weighted by Gasteiger charge is -2.28. The van der Waals surface area contributed by atoms with Gasteiger partial charge < -0.3 is 4.90 Å². The third kappa shape index (κ3) is 1.45. The number of hydrogen-bond acceptors (Lipinski definition) is 2. The van der Waals surface area contributed by atoms with Crippen LogP contribution in [0, 0.1) is 0 Å². The minimum atomic E-state index is 0.543. The fourth-order valence-corrected chi connectivity index (χ4v) is 0.954. The average molecular weight is 126 g/mol.